The summed E-state index contributed by atoms with van der Waals surface area (Å²) in [5.74, 6) is -0.0360. The molecule has 1 atom stereocenters. The fourth-order valence-electron chi connectivity index (χ4n) is 2.80. The molecule has 3 aromatic heterocycles. The third-order valence-corrected chi connectivity index (χ3v) is 6.35. The SMILES string of the molecule is Cc1nc2cc(NC(=O)c3cc4sc(NCC(O)C(=O)N(C)C)nc4s3)ccc2o1. The standard InChI is InChI=1S/C19H19N5O4S2/c1-9-21-11-6-10(4-5-13(11)28-9)22-16(26)14-7-15-17(29-14)23-19(30-15)20-8-12(25)18(27)24(2)3/h4-7,12,25H,8H2,1-3H3,(H,20,23)(H,22,26). The first-order valence-electron chi connectivity index (χ1n) is 9.02. The fourth-order valence-corrected chi connectivity index (χ4v) is 4.82. The monoisotopic (exact) mass is 445 g/mol. The van der Waals surface area contributed by atoms with Crippen molar-refractivity contribution in [1.29, 1.82) is 0 Å². The zero-order valence-corrected chi connectivity index (χ0v) is 18.1. The fraction of sp³-hybridized carbons (Fsp3) is 0.263. The van der Waals surface area contributed by atoms with E-state index in [4.69, 9.17) is 4.42 Å². The molecule has 4 aromatic rings. The Kier molecular flexibility index (Phi) is 5.41. The molecule has 0 aliphatic carbocycles. The number of thiazole rings is 1. The molecule has 2 amide bonds. The van der Waals surface area contributed by atoms with Gasteiger partial charge in [-0.3, -0.25) is 9.59 Å². The van der Waals surface area contributed by atoms with Crippen molar-refractivity contribution in [2.24, 2.45) is 0 Å². The Balaban J connectivity index is 1.42. The highest BCUT2D eigenvalue weighted by molar-refractivity contribution is 7.29. The number of fused-ring (bicyclic) bond motifs is 2. The van der Waals surface area contributed by atoms with E-state index < -0.39 is 6.10 Å². The number of benzene rings is 1. The van der Waals surface area contributed by atoms with Crippen molar-refractivity contribution < 1.29 is 19.1 Å². The Hall–Kier alpha value is -3.02. The van der Waals surface area contributed by atoms with E-state index in [1.54, 1.807) is 45.3 Å². The van der Waals surface area contributed by atoms with Crippen LogP contribution in [-0.2, 0) is 4.79 Å². The summed E-state index contributed by atoms with van der Waals surface area (Å²) in [4.78, 5) is 35.6. The second kappa shape index (κ2) is 8.01. The number of aromatic nitrogens is 2. The average molecular weight is 446 g/mol. The largest absolute Gasteiger partial charge is 0.441 e. The summed E-state index contributed by atoms with van der Waals surface area (Å²) in [6.45, 7) is 1.84. The summed E-state index contributed by atoms with van der Waals surface area (Å²) < 4.78 is 6.29. The van der Waals surface area contributed by atoms with Gasteiger partial charge in [-0.1, -0.05) is 11.3 Å². The van der Waals surface area contributed by atoms with E-state index in [0.717, 1.165) is 4.70 Å². The predicted molar refractivity (Wildman–Crippen MR) is 117 cm³/mol. The van der Waals surface area contributed by atoms with Gasteiger partial charge >= 0.3 is 0 Å². The van der Waals surface area contributed by atoms with E-state index in [2.05, 4.69) is 20.6 Å². The summed E-state index contributed by atoms with van der Waals surface area (Å²) in [6.07, 6.45) is -1.14. The third-order valence-electron chi connectivity index (χ3n) is 4.24. The maximum Gasteiger partial charge on any atom is 0.265 e. The summed E-state index contributed by atoms with van der Waals surface area (Å²) in [7, 11) is 3.17. The highest BCUT2D eigenvalue weighted by atomic mass is 32.1. The molecule has 3 N–H and O–H groups in total. The number of rotatable bonds is 6. The second-order valence-electron chi connectivity index (χ2n) is 6.80. The zero-order valence-electron chi connectivity index (χ0n) is 16.4. The Morgan fingerprint density at radius 3 is 2.77 bits per heavy atom. The molecule has 1 unspecified atom stereocenters. The lowest BCUT2D eigenvalue weighted by Gasteiger charge is -2.15. The van der Waals surface area contributed by atoms with E-state index in [1.165, 1.54) is 27.6 Å². The number of nitrogens with zero attached hydrogens (tertiary/aromatic N) is 3. The maximum absolute atomic E-state index is 12.6. The lowest BCUT2D eigenvalue weighted by molar-refractivity contribution is -0.136. The van der Waals surface area contributed by atoms with Gasteiger partial charge in [-0.2, -0.15) is 0 Å². The number of thiophene rings is 1. The number of aliphatic hydroxyl groups excluding tert-OH is 1. The van der Waals surface area contributed by atoms with Crippen molar-refractivity contribution in [3.05, 3.63) is 35.0 Å². The Morgan fingerprint density at radius 1 is 1.23 bits per heavy atom. The van der Waals surface area contributed by atoms with Crippen LogP contribution in [0.3, 0.4) is 0 Å². The number of oxazole rings is 1. The highest BCUT2D eigenvalue weighted by Crippen LogP contribution is 2.33. The van der Waals surface area contributed by atoms with Crippen LogP contribution in [0.15, 0.2) is 28.7 Å². The molecule has 0 fully saturated rings. The number of carbonyl (C=O) groups is 2. The van der Waals surface area contributed by atoms with Gasteiger partial charge in [-0.15, -0.1) is 11.3 Å². The number of carbonyl (C=O) groups excluding carboxylic acids is 2. The second-order valence-corrected chi connectivity index (χ2v) is 8.86. The molecule has 30 heavy (non-hydrogen) atoms. The van der Waals surface area contributed by atoms with Crippen LogP contribution in [0.5, 0.6) is 0 Å². The Labute approximate surface area is 179 Å². The van der Waals surface area contributed by atoms with Crippen molar-refractivity contribution >= 4 is 65.9 Å². The molecule has 0 spiro atoms. The molecule has 156 valence electrons. The number of anilines is 2. The number of aryl methyl sites for hydroxylation is 1. The van der Waals surface area contributed by atoms with Crippen molar-refractivity contribution in [3.8, 4) is 0 Å². The first-order valence-corrected chi connectivity index (χ1v) is 10.7. The smallest absolute Gasteiger partial charge is 0.265 e. The van der Waals surface area contributed by atoms with Gasteiger partial charge in [0.1, 0.15) is 16.5 Å². The number of hydrogen-bond donors (Lipinski definition) is 3. The minimum absolute atomic E-state index is 0.0646. The van der Waals surface area contributed by atoms with Crippen LogP contribution < -0.4 is 10.6 Å². The predicted octanol–water partition coefficient (Wildman–Crippen LogP) is 2.92. The first-order chi connectivity index (χ1) is 14.3. The molecule has 0 aliphatic heterocycles. The topological polar surface area (TPSA) is 121 Å². The Morgan fingerprint density at radius 2 is 2.03 bits per heavy atom. The molecule has 0 radical (unpaired) electrons. The van der Waals surface area contributed by atoms with Gasteiger partial charge in [-0.05, 0) is 24.3 Å². The van der Waals surface area contributed by atoms with E-state index in [9.17, 15) is 14.7 Å². The van der Waals surface area contributed by atoms with Crippen molar-refractivity contribution in [1.82, 2.24) is 14.9 Å². The number of nitrogens with one attached hydrogen (secondary N) is 2. The molecule has 9 nitrogen and oxygen atoms in total. The van der Waals surface area contributed by atoms with Gasteiger partial charge < -0.3 is 25.1 Å². The van der Waals surface area contributed by atoms with E-state index >= 15 is 0 Å². The summed E-state index contributed by atoms with van der Waals surface area (Å²) in [5, 5.41) is 16.3. The average Bonchev–Trinajstić information content (AvgIpc) is 3.36. The van der Waals surface area contributed by atoms with Gasteiger partial charge in [-0.25, -0.2) is 9.97 Å². The summed E-state index contributed by atoms with van der Waals surface area (Å²) in [6, 6.07) is 7.08. The normalized spacial score (nSPS) is 12.3. The lowest BCUT2D eigenvalue weighted by Crippen LogP contribution is -2.37. The molecule has 1 aromatic carbocycles. The zero-order chi connectivity index (χ0) is 21.4. The molecule has 0 bridgehead atoms. The van der Waals surface area contributed by atoms with Gasteiger partial charge in [0, 0.05) is 26.7 Å². The molecule has 3 heterocycles. The molecule has 11 heteroatoms. The van der Waals surface area contributed by atoms with Crippen molar-refractivity contribution in [2.75, 3.05) is 31.3 Å². The molecule has 0 saturated carbocycles. The van der Waals surface area contributed by atoms with Crippen molar-refractivity contribution in [3.63, 3.8) is 0 Å². The van der Waals surface area contributed by atoms with E-state index in [-0.39, 0.29) is 18.4 Å². The third kappa shape index (κ3) is 4.13. The quantitative estimate of drug-likeness (QED) is 0.417. The molecule has 4 rings (SSSR count). The van der Waals surface area contributed by atoms with Crippen LogP contribution in [-0.4, -0.2) is 58.5 Å². The van der Waals surface area contributed by atoms with E-state index in [1.807, 2.05) is 0 Å². The van der Waals surface area contributed by atoms with Crippen LogP contribution >= 0.6 is 22.7 Å². The molecule has 0 saturated heterocycles. The van der Waals surface area contributed by atoms with Gasteiger partial charge in [0.05, 0.1) is 16.1 Å². The van der Waals surface area contributed by atoms with Crippen LogP contribution in [0.25, 0.3) is 20.6 Å². The first kappa shape index (κ1) is 20.3. The number of likely N-dealkylation sites (N-methyl/N-ethyl adjacent to an activating group) is 1. The van der Waals surface area contributed by atoms with Gasteiger partial charge in [0.25, 0.3) is 11.8 Å². The van der Waals surface area contributed by atoms with Crippen molar-refractivity contribution in [2.45, 2.75) is 13.0 Å². The number of hydrogen-bond acceptors (Lipinski definition) is 9. The minimum Gasteiger partial charge on any atom is -0.441 e. The van der Waals surface area contributed by atoms with Gasteiger partial charge in [0.2, 0.25) is 0 Å². The van der Waals surface area contributed by atoms with Crippen LogP contribution in [0, 0.1) is 6.92 Å². The lowest BCUT2D eigenvalue weighted by atomic mass is 10.3. The van der Waals surface area contributed by atoms with Gasteiger partial charge in [0.15, 0.2) is 16.6 Å². The summed E-state index contributed by atoms with van der Waals surface area (Å²) >= 11 is 2.63. The maximum atomic E-state index is 12.6. The van der Waals surface area contributed by atoms with Crippen LogP contribution in [0.2, 0.25) is 0 Å². The highest BCUT2D eigenvalue weighted by Gasteiger charge is 2.18. The minimum atomic E-state index is -1.14. The summed E-state index contributed by atoms with van der Waals surface area (Å²) in [5.41, 5.74) is 1.99. The molecular weight excluding hydrogens is 426 g/mol. The molecule has 0 aliphatic rings. The van der Waals surface area contributed by atoms with Crippen LogP contribution in [0.1, 0.15) is 15.6 Å². The number of amides is 2. The van der Waals surface area contributed by atoms with E-state index in [0.29, 0.717) is 37.5 Å². The Bertz CT molecular complexity index is 1210. The number of aliphatic hydroxyl groups is 1. The van der Waals surface area contributed by atoms with Crippen LogP contribution in [0.4, 0.5) is 10.8 Å². The molecular formula is C19H19N5O4S2.